The van der Waals surface area contributed by atoms with Crippen LogP contribution >= 0.6 is 0 Å². The standard InChI is InChI=1S/C15H24N4O4/c1-4-18-8-6-5-7-13(18)15(21)23-11(2)12-9-19(17-16-12)10-14(20)22-3/h9,11,13H,4-8,10H2,1-3H3/t11-,13+/m0/s1. The lowest BCUT2D eigenvalue weighted by molar-refractivity contribution is -0.156. The second kappa shape index (κ2) is 8.05. The second-order valence-electron chi connectivity index (χ2n) is 5.64. The van der Waals surface area contributed by atoms with Gasteiger partial charge in [-0.1, -0.05) is 18.6 Å². The molecule has 0 bridgehead atoms. The van der Waals surface area contributed by atoms with Gasteiger partial charge >= 0.3 is 11.9 Å². The summed E-state index contributed by atoms with van der Waals surface area (Å²) in [5, 5.41) is 7.80. The van der Waals surface area contributed by atoms with E-state index < -0.39 is 12.1 Å². The molecule has 1 aliphatic rings. The number of rotatable bonds is 6. The topological polar surface area (TPSA) is 86.5 Å². The van der Waals surface area contributed by atoms with Gasteiger partial charge in [-0.25, -0.2) is 4.68 Å². The molecule has 8 nitrogen and oxygen atoms in total. The highest BCUT2D eigenvalue weighted by Crippen LogP contribution is 2.21. The quantitative estimate of drug-likeness (QED) is 0.719. The smallest absolute Gasteiger partial charge is 0.327 e. The molecule has 2 heterocycles. The Morgan fingerprint density at radius 3 is 2.91 bits per heavy atom. The fourth-order valence-electron chi connectivity index (χ4n) is 2.72. The molecule has 0 N–H and O–H groups in total. The number of hydrogen-bond donors (Lipinski definition) is 0. The molecule has 0 amide bonds. The average molecular weight is 324 g/mol. The van der Waals surface area contributed by atoms with Crippen molar-refractivity contribution < 1.29 is 19.1 Å². The van der Waals surface area contributed by atoms with E-state index in [-0.39, 0.29) is 18.6 Å². The lowest BCUT2D eigenvalue weighted by atomic mass is 10.0. The highest BCUT2D eigenvalue weighted by molar-refractivity contribution is 5.76. The van der Waals surface area contributed by atoms with Crippen LogP contribution in [0.1, 0.15) is 44.9 Å². The molecular formula is C15H24N4O4. The molecule has 0 unspecified atom stereocenters. The maximum absolute atomic E-state index is 12.4. The summed E-state index contributed by atoms with van der Waals surface area (Å²) in [6, 6.07) is -0.179. The molecule has 1 aliphatic heterocycles. The summed E-state index contributed by atoms with van der Waals surface area (Å²) >= 11 is 0. The van der Waals surface area contributed by atoms with Crippen molar-refractivity contribution in [1.29, 1.82) is 0 Å². The van der Waals surface area contributed by atoms with Crippen LogP contribution < -0.4 is 0 Å². The van der Waals surface area contributed by atoms with Gasteiger partial charge in [0.15, 0.2) is 0 Å². The monoisotopic (exact) mass is 324 g/mol. The first-order chi connectivity index (χ1) is 11.0. The lowest BCUT2D eigenvalue weighted by Gasteiger charge is -2.33. The van der Waals surface area contributed by atoms with Gasteiger partial charge in [0.1, 0.15) is 24.4 Å². The van der Waals surface area contributed by atoms with Crippen LogP contribution in [-0.2, 0) is 25.6 Å². The van der Waals surface area contributed by atoms with Crippen molar-refractivity contribution in [1.82, 2.24) is 19.9 Å². The molecule has 2 rings (SSSR count). The lowest BCUT2D eigenvalue weighted by Crippen LogP contribution is -2.45. The van der Waals surface area contributed by atoms with Crippen LogP contribution in [0.15, 0.2) is 6.20 Å². The van der Waals surface area contributed by atoms with Crippen molar-refractivity contribution >= 4 is 11.9 Å². The second-order valence-corrected chi connectivity index (χ2v) is 5.64. The molecule has 1 saturated heterocycles. The van der Waals surface area contributed by atoms with Gasteiger partial charge < -0.3 is 9.47 Å². The molecule has 8 heteroatoms. The SMILES string of the molecule is CCN1CCCC[C@@H]1C(=O)O[C@@H](C)c1cn(CC(=O)OC)nn1. The third kappa shape index (κ3) is 4.51. The summed E-state index contributed by atoms with van der Waals surface area (Å²) in [5.74, 6) is -0.631. The number of esters is 2. The number of methoxy groups -OCH3 is 1. The molecular weight excluding hydrogens is 300 g/mol. The largest absolute Gasteiger partial charge is 0.468 e. The first-order valence-electron chi connectivity index (χ1n) is 7.96. The van der Waals surface area contributed by atoms with E-state index in [9.17, 15) is 9.59 Å². The van der Waals surface area contributed by atoms with Crippen LogP contribution in [0.4, 0.5) is 0 Å². The number of hydrogen-bond acceptors (Lipinski definition) is 7. The minimum Gasteiger partial charge on any atom is -0.468 e. The number of carbonyl (C=O) groups is 2. The molecule has 1 fully saturated rings. The van der Waals surface area contributed by atoms with Crippen molar-refractivity contribution in [2.75, 3.05) is 20.2 Å². The summed E-state index contributed by atoms with van der Waals surface area (Å²) in [7, 11) is 1.31. The molecule has 1 aromatic heterocycles. The van der Waals surface area contributed by atoms with Crippen LogP contribution in [0, 0.1) is 0 Å². The van der Waals surface area contributed by atoms with Gasteiger partial charge in [-0.3, -0.25) is 14.5 Å². The third-order valence-electron chi connectivity index (χ3n) is 4.08. The van der Waals surface area contributed by atoms with Crippen LogP contribution in [0.2, 0.25) is 0 Å². The van der Waals surface area contributed by atoms with Gasteiger partial charge in [0.25, 0.3) is 0 Å². The van der Waals surface area contributed by atoms with Crippen molar-refractivity contribution in [2.45, 2.75) is 51.8 Å². The summed E-state index contributed by atoms with van der Waals surface area (Å²) < 4.78 is 11.5. The molecule has 1 aromatic rings. The third-order valence-corrected chi connectivity index (χ3v) is 4.08. The van der Waals surface area contributed by atoms with Gasteiger partial charge in [0.05, 0.1) is 13.3 Å². The molecule has 0 aromatic carbocycles. The molecule has 0 radical (unpaired) electrons. The highest BCUT2D eigenvalue weighted by atomic mass is 16.5. The predicted octanol–water partition coefficient (Wildman–Crippen LogP) is 0.930. The van der Waals surface area contributed by atoms with E-state index in [1.165, 1.54) is 11.8 Å². The number of nitrogens with zero attached hydrogens (tertiary/aromatic N) is 4. The summed E-state index contributed by atoms with van der Waals surface area (Å²) in [4.78, 5) is 25.7. The normalized spacial score (nSPS) is 20.0. The van der Waals surface area contributed by atoms with E-state index in [1.54, 1.807) is 13.1 Å². The zero-order valence-electron chi connectivity index (χ0n) is 13.9. The number of aromatic nitrogens is 3. The van der Waals surface area contributed by atoms with Crippen molar-refractivity contribution in [2.24, 2.45) is 0 Å². The van der Waals surface area contributed by atoms with E-state index in [0.29, 0.717) is 5.69 Å². The maximum atomic E-state index is 12.4. The Labute approximate surface area is 135 Å². The number of likely N-dealkylation sites (N-methyl/N-ethyl adjacent to an activating group) is 1. The number of ether oxygens (including phenoxy) is 2. The number of likely N-dealkylation sites (tertiary alicyclic amines) is 1. The van der Waals surface area contributed by atoms with Crippen LogP contribution in [0.3, 0.4) is 0 Å². The van der Waals surface area contributed by atoms with Crippen molar-refractivity contribution in [3.63, 3.8) is 0 Å². The Kier molecular flexibility index (Phi) is 6.09. The molecule has 128 valence electrons. The number of piperidine rings is 1. The van der Waals surface area contributed by atoms with Gasteiger partial charge in [0.2, 0.25) is 0 Å². The zero-order valence-corrected chi connectivity index (χ0v) is 13.9. The minimum absolute atomic E-state index is 0.0175. The molecule has 0 aliphatic carbocycles. The van der Waals surface area contributed by atoms with Crippen molar-refractivity contribution in [3.05, 3.63) is 11.9 Å². The summed E-state index contributed by atoms with van der Waals surface area (Å²) in [5.41, 5.74) is 0.515. The van der Waals surface area contributed by atoms with E-state index in [4.69, 9.17) is 4.74 Å². The van der Waals surface area contributed by atoms with E-state index in [2.05, 4.69) is 19.9 Å². The summed E-state index contributed by atoms with van der Waals surface area (Å²) in [6.45, 7) is 5.55. The summed E-state index contributed by atoms with van der Waals surface area (Å²) in [6.07, 6.45) is 4.08. The minimum atomic E-state index is -0.505. The molecule has 23 heavy (non-hydrogen) atoms. The number of carbonyl (C=O) groups excluding carboxylic acids is 2. The van der Waals surface area contributed by atoms with Gasteiger partial charge in [-0.05, 0) is 32.9 Å². The molecule has 2 atom stereocenters. The van der Waals surface area contributed by atoms with Crippen LogP contribution in [0.25, 0.3) is 0 Å². The zero-order chi connectivity index (χ0) is 16.8. The van der Waals surface area contributed by atoms with Crippen LogP contribution in [-0.4, -0.2) is 58.1 Å². The fraction of sp³-hybridized carbons (Fsp3) is 0.733. The van der Waals surface area contributed by atoms with Crippen LogP contribution in [0.5, 0.6) is 0 Å². The Bertz CT molecular complexity index is 545. The van der Waals surface area contributed by atoms with Crippen molar-refractivity contribution in [3.8, 4) is 0 Å². The predicted molar refractivity (Wildman–Crippen MR) is 81.4 cm³/mol. The van der Waals surface area contributed by atoms with Gasteiger partial charge in [-0.2, -0.15) is 0 Å². The van der Waals surface area contributed by atoms with E-state index >= 15 is 0 Å². The molecule has 0 saturated carbocycles. The first-order valence-corrected chi connectivity index (χ1v) is 7.96. The maximum Gasteiger partial charge on any atom is 0.327 e. The van der Waals surface area contributed by atoms with Gasteiger partial charge in [0, 0.05) is 0 Å². The Balaban J connectivity index is 1.94. The van der Waals surface area contributed by atoms with Gasteiger partial charge in [-0.15, -0.1) is 5.10 Å². The molecule has 0 spiro atoms. The Morgan fingerprint density at radius 1 is 1.43 bits per heavy atom. The average Bonchev–Trinajstić information content (AvgIpc) is 3.03. The van der Waals surface area contributed by atoms with E-state index in [1.807, 2.05) is 6.92 Å². The van der Waals surface area contributed by atoms with E-state index in [0.717, 1.165) is 32.4 Å². The Hall–Kier alpha value is -1.96. The fourth-order valence-corrected chi connectivity index (χ4v) is 2.72. The highest BCUT2D eigenvalue weighted by Gasteiger charge is 2.30. The first kappa shape index (κ1) is 17.4. The Morgan fingerprint density at radius 2 is 2.22 bits per heavy atom.